The van der Waals surface area contributed by atoms with Gasteiger partial charge in [0.15, 0.2) is 40.1 Å². The maximum Gasteiger partial charge on any atom is 0.200 e. The summed E-state index contributed by atoms with van der Waals surface area (Å²) in [7, 11) is 1.25. The predicted molar refractivity (Wildman–Crippen MR) is 104 cm³/mol. The fourth-order valence-electron chi connectivity index (χ4n) is 2.59. The molecule has 0 bridgehead atoms. The number of carbonyl (C=O) groups excluding carboxylic acids is 1. The number of benzene rings is 2. The van der Waals surface area contributed by atoms with Gasteiger partial charge < -0.3 is 4.74 Å². The van der Waals surface area contributed by atoms with Crippen molar-refractivity contribution in [2.75, 3.05) is 7.11 Å². The molecule has 1 aromatic heterocycles. The Balaban J connectivity index is 0.00000363. The third-order valence-corrected chi connectivity index (χ3v) is 4.72. The second-order valence-corrected chi connectivity index (χ2v) is 6.53. The van der Waals surface area contributed by atoms with Gasteiger partial charge >= 0.3 is 0 Å². The molecule has 168 valence electrons. The van der Waals surface area contributed by atoms with E-state index in [9.17, 15) is 26.7 Å². The summed E-state index contributed by atoms with van der Waals surface area (Å²) in [5.74, 6) is -12.3. The van der Waals surface area contributed by atoms with Crippen molar-refractivity contribution in [1.82, 2.24) is 4.98 Å². The van der Waals surface area contributed by atoms with E-state index < -0.39 is 40.6 Å². The number of methoxy groups -OCH3 is 1. The van der Waals surface area contributed by atoms with Crippen LogP contribution in [0.4, 0.5) is 27.6 Å². The van der Waals surface area contributed by atoms with Crippen LogP contribution < -0.4 is 4.74 Å². The van der Waals surface area contributed by atoms with E-state index in [-0.39, 0.29) is 44.3 Å². The Morgan fingerprint density at radius 1 is 1.06 bits per heavy atom. The van der Waals surface area contributed by atoms with Crippen molar-refractivity contribution in [2.45, 2.75) is 0 Å². The SMILES string of the molecule is COc1nc(Cl)c(Cl)c(C(=O)C=Nc2c(F)c(F)c(F)c(F)c2F)c1-c1[c-]cccc1.[Fe]. The van der Waals surface area contributed by atoms with Gasteiger partial charge in [-0.05, 0) is 5.56 Å². The third kappa shape index (κ3) is 4.63. The molecule has 12 heteroatoms. The third-order valence-electron chi connectivity index (χ3n) is 3.98. The minimum absolute atomic E-state index is 0. The Labute approximate surface area is 198 Å². The number of ketones is 1. The number of rotatable bonds is 5. The smallest absolute Gasteiger partial charge is 0.200 e. The Morgan fingerprint density at radius 3 is 2.19 bits per heavy atom. The van der Waals surface area contributed by atoms with Crippen LogP contribution in [0, 0.1) is 35.2 Å². The number of nitrogens with zero attached hydrogens (tertiary/aromatic N) is 2. The second kappa shape index (κ2) is 10.4. The van der Waals surface area contributed by atoms with Crippen LogP contribution in [-0.4, -0.2) is 24.1 Å². The van der Waals surface area contributed by atoms with Crippen LogP contribution >= 0.6 is 23.2 Å². The summed E-state index contributed by atoms with van der Waals surface area (Å²) < 4.78 is 72.7. The number of pyridine rings is 1. The summed E-state index contributed by atoms with van der Waals surface area (Å²) in [4.78, 5) is 19.9. The molecule has 3 aromatic rings. The van der Waals surface area contributed by atoms with Gasteiger partial charge in [-0.2, -0.15) is 0 Å². The minimum Gasteiger partial charge on any atom is -0.487 e. The maximum absolute atomic E-state index is 13.8. The van der Waals surface area contributed by atoms with Crippen molar-refractivity contribution in [3.05, 3.63) is 75.2 Å². The number of carbonyl (C=O) groups is 1. The summed E-state index contributed by atoms with van der Waals surface area (Å²) in [6.45, 7) is 0. The van der Waals surface area contributed by atoms with Gasteiger partial charge in [0.25, 0.3) is 0 Å². The zero-order valence-corrected chi connectivity index (χ0v) is 18.2. The summed E-state index contributed by atoms with van der Waals surface area (Å²) in [5, 5.41) is -0.672. The first-order valence-corrected chi connectivity index (χ1v) is 8.94. The van der Waals surface area contributed by atoms with Crippen LogP contribution in [0.3, 0.4) is 0 Å². The second-order valence-electron chi connectivity index (χ2n) is 5.79. The molecule has 0 aliphatic carbocycles. The van der Waals surface area contributed by atoms with E-state index in [1.54, 1.807) is 18.2 Å². The Bertz CT molecular complexity index is 1200. The van der Waals surface area contributed by atoms with E-state index in [1.807, 2.05) is 0 Å². The molecule has 0 radical (unpaired) electrons. The molecule has 0 unspecified atom stereocenters. The van der Waals surface area contributed by atoms with Crippen LogP contribution in [0.2, 0.25) is 10.2 Å². The fraction of sp³-hybridized carbons (Fsp3) is 0.0500. The molecule has 0 aliphatic heterocycles. The minimum atomic E-state index is -2.35. The largest absolute Gasteiger partial charge is 0.487 e. The van der Waals surface area contributed by atoms with E-state index in [1.165, 1.54) is 13.2 Å². The Kier molecular flexibility index (Phi) is 8.36. The van der Waals surface area contributed by atoms with E-state index in [4.69, 9.17) is 27.9 Å². The van der Waals surface area contributed by atoms with E-state index in [2.05, 4.69) is 16.0 Å². The normalized spacial score (nSPS) is 10.9. The van der Waals surface area contributed by atoms with Gasteiger partial charge in [-0.25, -0.2) is 31.9 Å². The van der Waals surface area contributed by atoms with Crippen LogP contribution in [0.5, 0.6) is 5.88 Å². The summed E-state index contributed by atoms with van der Waals surface area (Å²) in [5.41, 5.74) is -1.53. The van der Waals surface area contributed by atoms with Crippen LogP contribution in [0.1, 0.15) is 10.4 Å². The molecule has 1 heterocycles. The average molecular weight is 530 g/mol. The van der Waals surface area contributed by atoms with Gasteiger partial charge in [-0.3, -0.25) is 4.79 Å². The molecule has 3 rings (SSSR count). The van der Waals surface area contributed by atoms with Gasteiger partial charge in [0.2, 0.25) is 5.82 Å². The molecule has 0 saturated heterocycles. The molecule has 2 aromatic carbocycles. The average Bonchev–Trinajstić information content (AvgIpc) is 2.78. The van der Waals surface area contributed by atoms with Crippen LogP contribution in [-0.2, 0) is 17.1 Å². The zero-order valence-electron chi connectivity index (χ0n) is 15.6. The molecule has 0 amide bonds. The quantitative estimate of drug-likeness (QED) is 0.0583. The van der Waals surface area contributed by atoms with Crippen molar-refractivity contribution in [2.24, 2.45) is 4.99 Å². The summed E-state index contributed by atoms with van der Waals surface area (Å²) >= 11 is 12.1. The topological polar surface area (TPSA) is 51.5 Å². The first kappa shape index (κ1) is 25.7. The molecule has 0 fully saturated rings. The predicted octanol–water partition coefficient (Wildman–Crippen LogP) is 6.14. The van der Waals surface area contributed by atoms with Crippen molar-refractivity contribution >= 4 is 40.9 Å². The first-order valence-electron chi connectivity index (χ1n) is 8.18. The number of halogens is 7. The van der Waals surface area contributed by atoms with Crippen molar-refractivity contribution in [3.63, 3.8) is 0 Å². The van der Waals surface area contributed by atoms with Crippen molar-refractivity contribution < 1.29 is 48.6 Å². The van der Waals surface area contributed by atoms with Gasteiger partial charge in [-0.1, -0.05) is 23.2 Å². The molecule has 0 saturated carbocycles. The monoisotopic (exact) mass is 529 g/mol. The van der Waals surface area contributed by atoms with Crippen molar-refractivity contribution in [1.29, 1.82) is 0 Å². The fourth-order valence-corrected chi connectivity index (χ4v) is 2.99. The Morgan fingerprint density at radius 2 is 1.66 bits per heavy atom. The Hall–Kier alpha value is -2.52. The maximum atomic E-state index is 13.8. The number of aromatic nitrogens is 1. The van der Waals surface area contributed by atoms with E-state index in [0.29, 0.717) is 11.8 Å². The molecule has 32 heavy (non-hydrogen) atoms. The molecule has 0 atom stereocenters. The van der Waals surface area contributed by atoms with Crippen molar-refractivity contribution in [3.8, 4) is 17.0 Å². The zero-order chi connectivity index (χ0) is 22.9. The van der Waals surface area contributed by atoms with Gasteiger partial charge in [0, 0.05) is 22.6 Å². The van der Waals surface area contributed by atoms with Gasteiger partial charge in [0.1, 0.15) is 5.69 Å². The van der Waals surface area contributed by atoms with Gasteiger partial charge in [-0.15, -0.1) is 35.9 Å². The number of ether oxygens (including phenoxy) is 1. The van der Waals surface area contributed by atoms with E-state index in [0.717, 1.165) is 0 Å². The number of hydrogen-bond acceptors (Lipinski definition) is 4. The molecular weight excluding hydrogens is 522 g/mol. The standard InChI is InChI=1S/C20H8Cl2F5N2O2.Fe/c1-31-20-10(8-5-3-2-4-6-8)11(12(21)19(22)29-20)9(30)7-28-18-16(26)14(24)13(23)15(25)17(18)27;/h2-5,7H,1H3;/q-1;. The number of hydrogen-bond donors (Lipinski definition) is 0. The molecule has 0 spiro atoms. The van der Waals surface area contributed by atoms with E-state index >= 15 is 0 Å². The van der Waals surface area contributed by atoms with Crippen LogP contribution in [0.25, 0.3) is 11.1 Å². The van der Waals surface area contributed by atoms with Crippen LogP contribution in [0.15, 0.2) is 29.3 Å². The molecule has 0 aliphatic rings. The van der Waals surface area contributed by atoms with Gasteiger partial charge in [0.05, 0.1) is 18.3 Å². The number of Topliss-reactive ketones (excluding diaryl/α,β-unsaturated/α-hetero) is 1. The molecular formula is C20H8Cl2F5FeN2O2-. The first-order chi connectivity index (χ1) is 14.7. The number of aliphatic imine (C=N–C) groups is 1. The molecule has 0 N–H and O–H groups in total. The summed E-state index contributed by atoms with van der Waals surface area (Å²) in [6, 6.07) is 9.16. The molecule has 4 nitrogen and oxygen atoms in total. The summed E-state index contributed by atoms with van der Waals surface area (Å²) in [6.07, 6.45) is 0.349.